The Bertz CT molecular complexity index is 630. The Labute approximate surface area is 144 Å². The SMILES string of the molecule is CCCCCOc1ccc(-n2cnc(C(=O)N(CC)CC)c2)cc1. The average Bonchev–Trinajstić information content (AvgIpc) is 3.10. The van der Waals surface area contributed by atoms with Gasteiger partial charge in [-0.25, -0.2) is 4.98 Å². The minimum Gasteiger partial charge on any atom is -0.494 e. The molecule has 0 saturated heterocycles. The van der Waals surface area contributed by atoms with Gasteiger partial charge in [-0.05, 0) is 44.5 Å². The Kier molecular flexibility index (Phi) is 6.85. The maximum atomic E-state index is 12.3. The van der Waals surface area contributed by atoms with Gasteiger partial charge in [0.25, 0.3) is 5.91 Å². The Morgan fingerprint density at radius 2 is 1.83 bits per heavy atom. The van der Waals surface area contributed by atoms with Crippen molar-refractivity contribution in [3.8, 4) is 11.4 Å². The molecule has 24 heavy (non-hydrogen) atoms. The lowest BCUT2D eigenvalue weighted by Crippen LogP contribution is -2.30. The molecule has 5 heteroatoms. The Morgan fingerprint density at radius 3 is 2.46 bits per heavy atom. The van der Waals surface area contributed by atoms with Crippen molar-refractivity contribution in [2.75, 3.05) is 19.7 Å². The molecule has 0 aliphatic carbocycles. The van der Waals surface area contributed by atoms with E-state index in [4.69, 9.17) is 4.74 Å². The molecule has 0 fully saturated rings. The van der Waals surface area contributed by atoms with Gasteiger partial charge in [0.2, 0.25) is 0 Å². The number of hydrogen-bond donors (Lipinski definition) is 0. The van der Waals surface area contributed by atoms with E-state index in [-0.39, 0.29) is 5.91 Å². The van der Waals surface area contributed by atoms with Crippen LogP contribution in [0.5, 0.6) is 5.75 Å². The summed E-state index contributed by atoms with van der Waals surface area (Å²) in [4.78, 5) is 18.3. The molecule has 0 saturated carbocycles. The summed E-state index contributed by atoms with van der Waals surface area (Å²) in [6.07, 6.45) is 6.91. The zero-order chi connectivity index (χ0) is 17.4. The summed E-state index contributed by atoms with van der Waals surface area (Å²) in [5.41, 5.74) is 1.43. The van der Waals surface area contributed by atoms with E-state index in [1.807, 2.05) is 42.7 Å². The maximum absolute atomic E-state index is 12.3. The number of aromatic nitrogens is 2. The molecular weight excluding hydrogens is 302 g/mol. The molecule has 0 radical (unpaired) electrons. The molecule has 2 aromatic rings. The Balaban J connectivity index is 2.01. The van der Waals surface area contributed by atoms with Crippen LogP contribution in [0.4, 0.5) is 0 Å². The van der Waals surface area contributed by atoms with Crippen LogP contribution in [-0.2, 0) is 0 Å². The summed E-state index contributed by atoms with van der Waals surface area (Å²) in [5, 5.41) is 0. The number of benzene rings is 1. The van der Waals surface area contributed by atoms with Crippen LogP contribution in [0.2, 0.25) is 0 Å². The number of hydrogen-bond acceptors (Lipinski definition) is 3. The first kappa shape index (κ1) is 18.0. The summed E-state index contributed by atoms with van der Waals surface area (Å²) < 4.78 is 7.58. The third-order valence-corrected chi connectivity index (χ3v) is 4.00. The zero-order valence-electron chi connectivity index (χ0n) is 14.9. The minimum atomic E-state index is -0.0328. The summed E-state index contributed by atoms with van der Waals surface area (Å²) in [6, 6.07) is 7.85. The fraction of sp³-hybridized carbons (Fsp3) is 0.474. The average molecular weight is 329 g/mol. The van der Waals surface area contributed by atoms with Crippen molar-refractivity contribution in [1.82, 2.24) is 14.5 Å². The molecule has 0 unspecified atom stereocenters. The van der Waals surface area contributed by atoms with Gasteiger partial charge in [0.05, 0.1) is 6.61 Å². The van der Waals surface area contributed by atoms with Crippen molar-refractivity contribution < 1.29 is 9.53 Å². The molecule has 0 N–H and O–H groups in total. The fourth-order valence-corrected chi connectivity index (χ4v) is 2.50. The van der Waals surface area contributed by atoms with Crippen LogP contribution < -0.4 is 4.74 Å². The first-order chi connectivity index (χ1) is 11.7. The topological polar surface area (TPSA) is 47.4 Å². The second kappa shape index (κ2) is 9.11. The summed E-state index contributed by atoms with van der Waals surface area (Å²) >= 11 is 0. The van der Waals surface area contributed by atoms with E-state index >= 15 is 0 Å². The van der Waals surface area contributed by atoms with Gasteiger partial charge in [-0.3, -0.25) is 4.79 Å². The van der Waals surface area contributed by atoms with Crippen molar-refractivity contribution in [3.05, 3.63) is 42.5 Å². The molecule has 0 spiro atoms. The first-order valence-electron chi connectivity index (χ1n) is 8.76. The van der Waals surface area contributed by atoms with Crippen LogP contribution in [0.25, 0.3) is 5.69 Å². The Morgan fingerprint density at radius 1 is 1.12 bits per heavy atom. The predicted octanol–water partition coefficient (Wildman–Crippen LogP) is 3.92. The normalized spacial score (nSPS) is 10.6. The molecule has 1 heterocycles. The van der Waals surface area contributed by atoms with Gasteiger partial charge < -0.3 is 14.2 Å². The summed E-state index contributed by atoms with van der Waals surface area (Å²) in [6.45, 7) is 8.24. The van der Waals surface area contributed by atoms with Crippen molar-refractivity contribution in [2.45, 2.75) is 40.0 Å². The molecule has 130 valence electrons. The molecule has 0 aliphatic rings. The van der Waals surface area contributed by atoms with Crippen LogP contribution in [0.1, 0.15) is 50.5 Å². The van der Waals surface area contributed by atoms with Gasteiger partial charge in [0.1, 0.15) is 17.8 Å². The lowest BCUT2D eigenvalue weighted by Gasteiger charge is -2.16. The molecule has 5 nitrogen and oxygen atoms in total. The third-order valence-electron chi connectivity index (χ3n) is 4.00. The standard InChI is InChI=1S/C19H27N3O2/c1-4-7-8-13-24-17-11-9-16(10-12-17)22-14-18(20-15-22)19(23)21(5-2)6-3/h9-12,14-15H,4-8,13H2,1-3H3. The highest BCUT2D eigenvalue weighted by atomic mass is 16.5. The molecule has 1 aromatic carbocycles. The monoisotopic (exact) mass is 329 g/mol. The van der Waals surface area contributed by atoms with Gasteiger partial charge in [-0.15, -0.1) is 0 Å². The van der Waals surface area contributed by atoms with Crippen molar-refractivity contribution in [2.24, 2.45) is 0 Å². The third kappa shape index (κ3) is 4.60. The molecular formula is C19H27N3O2. The van der Waals surface area contributed by atoms with Crippen LogP contribution in [-0.4, -0.2) is 40.1 Å². The van der Waals surface area contributed by atoms with Crippen molar-refractivity contribution in [1.29, 1.82) is 0 Å². The van der Waals surface area contributed by atoms with E-state index in [0.717, 1.165) is 24.5 Å². The van der Waals surface area contributed by atoms with Gasteiger partial charge in [0.15, 0.2) is 0 Å². The van der Waals surface area contributed by atoms with Gasteiger partial charge in [-0.2, -0.15) is 0 Å². The maximum Gasteiger partial charge on any atom is 0.274 e. The van der Waals surface area contributed by atoms with Crippen LogP contribution in [0.15, 0.2) is 36.8 Å². The highest BCUT2D eigenvalue weighted by Gasteiger charge is 2.15. The molecule has 2 rings (SSSR count). The molecule has 0 aliphatic heterocycles. The Hall–Kier alpha value is -2.30. The number of carbonyl (C=O) groups excluding carboxylic acids is 1. The molecule has 0 atom stereocenters. The lowest BCUT2D eigenvalue weighted by atomic mass is 10.2. The van der Waals surface area contributed by atoms with Crippen LogP contribution >= 0.6 is 0 Å². The number of imidazole rings is 1. The first-order valence-corrected chi connectivity index (χ1v) is 8.76. The van der Waals surface area contributed by atoms with Crippen LogP contribution in [0, 0.1) is 0 Å². The number of ether oxygens (including phenoxy) is 1. The quantitative estimate of drug-likeness (QED) is 0.655. The number of unbranched alkanes of at least 4 members (excludes halogenated alkanes) is 2. The van der Waals surface area contributed by atoms with Crippen molar-refractivity contribution >= 4 is 5.91 Å². The zero-order valence-corrected chi connectivity index (χ0v) is 14.9. The lowest BCUT2D eigenvalue weighted by molar-refractivity contribution is 0.0767. The van der Waals surface area contributed by atoms with Crippen molar-refractivity contribution in [3.63, 3.8) is 0 Å². The van der Waals surface area contributed by atoms with E-state index in [0.29, 0.717) is 18.8 Å². The number of rotatable bonds is 9. The molecule has 1 amide bonds. The number of amides is 1. The van der Waals surface area contributed by atoms with E-state index in [1.165, 1.54) is 12.8 Å². The molecule has 0 bridgehead atoms. The minimum absolute atomic E-state index is 0.0328. The van der Waals surface area contributed by atoms with E-state index in [2.05, 4.69) is 11.9 Å². The smallest absolute Gasteiger partial charge is 0.274 e. The summed E-state index contributed by atoms with van der Waals surface area (Å²) in [5.74, 6) is 0.837. The van der Waals surface area contributed by atoms with Gasteiger partial charge in [-0.1, -0.05) is 19.8 Å². The van der Waals surface area contributed by atoms with Crippen LogP contribution in [0.3, 0.4) is 0 Å². The second-order valence-electron chi connectivity index (χ2n) is 5.69. The largest absolute Gasteiger partial charge is 0.494 e. The van der Waals surface area contributed by atoms with Gasteiger partial charge in [0, 0.05) is 25.0 Å². The molecule has 1 aromatic heterocycles. The highest BCUT2D eigenvalue weighted by Crippen LogP contribution is 2.16. The second-order valence-corrected chi connectivity index (χ2v) is 5.69. The number of carbonyl (C=O) groups is 1. The number of nitrogens with zero attached hydrogens (tertiary/aromatic N) is 3. The van der Waals surface area contributed by atoms with E-state index in [1.54, 1.807) is 17.4 Å². The summed E-state index contributed by atoms with van der Waals surface area (Å²) in [7, 11) is 0. The highest BCUT2D eigenvalue weighted by molar-refractivity contribution is 5.92. The van der Waals surface area contributed by atoms with E-state index < -0.39 is 0 Å². The van der Waals surface area contributed by atoms with E-state index in [9.17, 15) is 4.79 Å². The fourth-order valence-electron chi connectivity index (χ4n) is 2.50. The van der Waals surface area contributed by atoms with Gasteiger partial charge >= 0.3 is 0 Å². The predicted molar refractivity (Wildman–Crippen MR) is 95.8 cm³/mol.